The van der Waals surface area contributed by atoms with Crippen molar-refractivity contribution in [2.75, 3.05) is 13.6 Å². The molecule has 20 heavy (non-hydrogen) atoms. The second-order valence-electron chi connectivity index (χ2n) is 4.46. The van der Waals surface area contributed by atoms with Crippen LogP contribution in [0.2, 0.25) is 0 Å². The maximum absolute atomic E-state index is 13.2. The zero-order valence-electron chi connectivity index (χ0n) is 11.0. The van der Waals surface area contributed by atoms with Crippen molar-refractivity contribution in [2.24, 2.45) is 0 Å². The number of pyridine rings is 1. The van der Waals surface area contributed by atoms with Crippen LogP contribution in [0, 0.1) is 5.82 Å². The largest absolute Gasteiger partial charge is 0.341 e. The van der Waals surface area contributed by atoms with Gasteiger partial charge in [-0.3, -0.25) is 9.78 Å². The van der Waals surface area contributed by atoms with Gasteiger partial charge in [0, 0.05) is 30.5 Å². The molecule has 0 radical (unpaired) electrons. The van der Waals surface area contributed by atoms with Crippen LogP contribution in [-0.2, 0) is 6.42 Å². The van der Waals surface area contributed by atoms with Gasteiger partial charge in [-0.05, 0) is 58.2 Å². The summed E-state index contributed by atoms with van der Waals surface area (Å²) >= 11 is 3.27. The van der Waals surface area contributed by atoms with Crippen molar-refractivity contribution < 1.29 is 9.18 Å². The normalized spacial score (nSPS) is 10.3. The molecule has 0 spiro atoms. The average molecular weight is 337 g/mol. The standard InChI is InChI=1S/C15H14BrFN2O/c1-19(9-6-11-4-7-18-8-5-11)15(20)13-10-12(17)2-3-14(13)16/h2-5,7-8,10H,6,9H2,1H3. The highest BCUT2D eigenvalue weighted by molar-refractivity contribution is 9.10. The lowest BCUT2D eigenvalue weighted by molar-refractivity contribution is 0.0795. The number of aromatic nitrogens is 1. The van der Waals surface area contributed by atoms with E-state index in [1.807, 2.05) is 12.1 Å². The van der Waals surface area contributed by atoms with E-state index in [2.05, 4.69) is 20.9 Å². The molecular formula is C15H14BrFN2O. The SMILES string of the molecule is CN(CCc1ccncc1)C(=O)c1cc(F)ccc1Br. The third-order valence-corrected chi connectivity index (χ3v) is 3.68. The van der Waals surface area contributed by atoms with Crippen LogP contribution in [0.1, 0.15) is 15.9 Å². The number of rotatable bonds is 4. The van der Waals surface area contributed by atoms with Gasteiger partial charge < -0.3 is 4.90 Å². The molecule has 0 fully saturated rings. The molecule has 1 aromatic carbocycles. The summed E-state index contributed by atoms with van der Waals surface area (Å²) in [4.78, 5) is 17.8. The smallest absolute Gasteiger partial charge is 0.254 e. The summed E-state index contributed by atoms with van der Waals surface area (Å²) in [5, 5.41) is 0. The van der Waals surface area contributed by atoms with Crippen molar-refractivity contribution in [1.29, 1.82) is 0 Å². The van der Waals surface area contributed by atoms with Crippen LogP contribution in [-0.4, -0.2) is 29.4 Å². The van der Waals surface area contributed by atoms with Crippen molar-refractivity contribution in [3.8, 4) is 0 Å². The quantitative estimate of drug-likeness (QED) is 0.858. The number of hydrogen-bond acceptors (Lipinski definition) is 2. The van der Waals surface area contributed by atoms with E-state index in [1.54, 1.807) is 30.4 Å². The highest BCUT2D eigenvalue weighted by atomic mass is 79.9. The summed E-state index contributed by atoms with van der Waals surface area (Å²) in [7, 11) is 1.71. The summed E-state index contributed by atoms with van der Waals surface area (Å²) in [6.07, 6.45) is 4.18. The first-order chi connectivity index (χ1) is 9.58. The van der Waals surface area contributed by atoms with Gasteiger partial charge in [-0.1, -0.05) is 0 Å². The number of halogens is 2. The number of carbonyl (C=O) groups is 1. The molecule has 0 bridgehead atoms. The van der Waals surface area contributed by atoms with Crippen molar-refractivity contribution >= 4 is 21.8 Å². The van der Waals surface area contributed by atoms with E-state index < -0.39 is 5.82 Å². The molecule has 0 aliphatic rings. The molecule has 0 saturated heterocycles. The minimum atomic E-state index is -0.418. The predicted molar refractivity (Wildman–Crippen MR) is 79.0 cm³/mol. The molecule has 5 heteroatoms. The molecule has 2 aromatic rings. The highest BCUT2D eigenvalue weighted by Crippen LogP contribution is 2.19. The molecule has 1 aromatic heterocycles. The molecule has 104 valence electrons. The van der Waals surface area contributed by atoms with Crippen molar-refractivity contribution in [3.63, 3.8) is 0 Å². The first-order valence-corrected chi connectivity index (χ1v) is 6.96. The third kappa shape index (κ3) is 3.63. The Morgan fingerprint density at radius 3 is 2.70 bits per heavy atom. The number of nitrogens with zero attached hydrogens (tertiary/aromatic N) is 2. The van der Waals surface area contributed by atoms with Gasteiger partial charge in [-0.15, -0.1) is 0 Å². The van der Waals surface area contributed by atoms with E-state index >= 15 is 0 Å². The summed E-state index contributed by atoms with van der Waals surface area (Å²) in [6, 6.07) is 7.93. The predicted octanol–water partition coefficient (Wildman–Crippen LogP) is 3.30. The Morgan fingerprint density at radius 1 is 1.30 bits per heavy atom. The molecule has 1 amide bonds. The van der Waals surface area contributed by atoms with E-state index in [1.165, 1.54) is 12.1 Å². The van der Waals surface area contributed by atoms with Gasteiger partial charge >= 0.3 is 0 Å². The lowest BCUT2D eigenvalue weighted by Crippen LogP contribution is -2.29. The minimum Gasteiger partial charge on any atom is -0.341 e. The number of likely N-dealkylation sites (N-methyl/N-ethyl adjacent to an activating group) is 1. The minimum absolute atomic E-state index is 0.203. The van der Waals surface area contributed by atoms with Gasteiger partial charge in [0.25, 0.3) is 5.91 Å². The van der Waals surface area contributed by atoms with E-state index in [9.17, 15) is 9.18 Å². The first kappa shape index (κ1) is 14.7. The fourth-order valence-corrected chi connectivity index (χ4v) is 2.23. The molecule has 0 atom stereocenters. The maximum atomic E-state index is 13.2. The second kappa shape index (κ2) is 6.61. The monoisotopic (exact) mass is 336 g/mol. The van der Waals surface area contributed by atoms with Crippen LogP contribution in [0.5, 0.6) is 0 Å². The Morgan fingerprint density at radius 2 is 2.00 bits per heavy atom. The molecule has 0 aliphatic heterocycles. The van der Waals surface area contributed by atoms with E-state index in [0.717, 1.165) is 12.0 Å². The molecule has 2 rings (SSSR count). The number of carbonyl (C=O) groups excluding carboxylic acids is 1. The summed E-state index contributed by atoms with van der Waals surface area (Å²) in [5.74, 6) is -0.621. The van der Waals surface area contributed by atoms with Crippen LogP contribution in [0.25, 0.3) is 0 Å². The topological polar surface area (TPSA) is 33.2 Å². The molecule has 0 unspecified atom stereocenters. The Bertz CT molecular complexity index is 604. The van der Waals surface area contributed by atoms with Crippen LogP contribution >= 0.6 is 15.9 Å². The van der Waals surface area contributed by atoms with Gasteiger partial charge in [0.2, 0.25) is 0 Å². The number of amides is 1. The Labute approximate surface area is 125 Å². The fourth-order valence-electron chi connectivity index (χ4n) is 1.81. The third-order valence-electron chi connectivity index (χ3n) is 2.99. The van der Waals surface area contributed by atoms with Crippen LogP contribution in [0.15, 0.2) is 47.2 Å². The Hall–Kier alpha value is -1.75. The van der Waals surface area contributed by atoms with Crippen molar-refractivity contribution in [2.45, 2.75) is 6.42 Å². The lowest BCUT2D eigenvalue weighted by Gasteiger charge is -2.18. The van der Waals surface area contributed by atoms with Gasteiger partial charge in [0.05, 0.1) is 5.56 Å². The first-order valence-electron chi connectivity index (χ1n) is 6.17. The Balaban J connectivity index is 2.03. The second-order valence-corrected chi connectivity index (χ2v) is 5.31. The number of benzene rings is 1. The summed E-state index contributed by atoms with van der Waals surface area (Å²) < 4.78 is 13.8. The molecule has 1 heterocycles. The van der Waals surface area contributed by atoms with Crippen molar-refractivity contribution in [3.05, 3.63) is 64.1 Å². The molecule has 0 N–H and O–H groups in total. The Kier molecular flexibility index (Phi) is 4.84. The van der Waals surface area contributed by atoms with Crippen LogP contribution in [0.3, 0.4) is 0 Å². The van der Waals surface area contributed by atoms with Crippen LogP contribution in [0.4, 0.5) is 4.39 Å². The molecule has 0 saturated carbocycles. The van der Waals surface area contributed by atoms with Crippen LogP contribution < -0.4 is 0 Å². The zero-order chi connectivity index (χ0) is 14.5. The van der Waals surface area contributed by atoms with Gasteiger partial charge in [-0.2, -0.15) is 0 Å². The van der Waals surface area contributed by atoms with Gasteiger partial charge in [-0.25, -0.2) is 4.39 Å². The summed E-state index contributed by atoms with van der Waals surface area (Å²) in [5.41, 5.74) is 1.44. The molecule has 3 nitrogen and oxygen atoms in total. The van der Waals surface area contributed by atoms with Crippen molar-refractivity contribution in [1.82, 2.24) is 9.88 Å². The van der Waals surface area contributed by atoms with E-state index in [0.29, 0.717) is 16.6 Å². The summed E-state index contributed by atoms with van der Waals surface area (Å²) in [6.45, 7) is 0.561. The number of hydrogen-bond donors (Lipinski definition) is 0. The lowest BCUT2D eigenvalue weighted by atomic mass is 10.1. The highest BCUT2D eigenvalue weighted by Gasteiger charge is 2.15. The van der Waals surface area contributed by atoms with E-state index in [4.69, 9.17) is 0 Å². The molecule has 0 aliphatic carbocycles. The zero-order valence-corrected chi connectivity index (χ0v) is 12.6. The van der Waals surface area contributed by atoms with Gasteiger partial charge in [0.15, 0.2) is 0 Å². The maximum Gasteiger partial charge on any atom is 0.254 e. The molecular weight excluding hydrogens is 323 g/mol. The van der Waals surface area contributed by atoms with Gasteiger partial charge in [0.1, 0.15) is 5.82 Å². The fraction of sp³-hybridized carbons (Fsp3) is 0.200. The average Bonchev–Trinajstić information content (AvgIpc) is 2.47. The van der Waals surface area contributed by atoms with E-state index in [-0.39, 0.29) is 5.91 Å².